The Bertz CT molecular complexity index is 1400. The van der Waals surface area contributed by atoms with E-state index in [0.717, 1.165) is 34.6 Å². The summed E-state index contributed by atoms with van der Waals surface area (Å²) in [5.74, 6) is -0.859. The molecule has 37 heavy (non-hydrogen) atoms. The molecule has 2 amide bonds. The second-order valence-corrected chi connectivity index (χ2v) is 8.69. The molecule has 0 atom stereocenters. The van der Waals surface area contributed by atoms with E-state index in [9.17, 15) is 14.4 Å². The monoisotopic (exact) mass is 494 g/mol. The van der Waals surface area contributed by atoms with E-state index in [1.807, 2.05) is 66.9 Å². The van der Waals surface area contributed by atoms with Crippen LogP contribution >= 0.6 is 0 Å². The SMILES string of the molecule is O=C(CNC(=O)c1ccc(N2CCCC2=O)cc1)OCc1cn(-c2ccccc2)nc1-c1ccccc1. The predicted molar refractivity (Wildman–Crippen MR) is 139 cm³/mol. The molecule has 1 saturated heterocycles. The Morgan fingerprint density at radius 3 is 2.27 bits per heavy atom. The number of carbonyl (C=O) groups excluding carboxylic acids is 3. The molecule has 1 aromatic heterocycles. The Kier molecular flexibility index (Phi) is 7.07. The van der Waals surface area contributed by atoms with E-state index in [1.54, 1.807) is 33.8 Å². The molecule has 0 spiro atoms. The minimum Gasteiger partial charge on any atom is -0.459 e. The number of ether oxygens (including phenoxy) is 1. The predicted octanol–water partition coefficient (Wildman–Crippen LogP) is 4.14. The number of hydrogen-bond acceptors (Lipinski definition) is 5. The van der Waals surface area contributed by atoms with Gasteiger partial charge in [0.05, 0.1) is 11.4 Å². The highest BCUT2D eigenvalue weighted by atomic mass is 16.5. The fourth-order valence-electron chi connectivity index (χ4n) is 4.25. The second kappa shape index (κ2) is 10.9. The van der Waals surface area contributed by atoms with Crippen LogP contribution in [0.4, 0.5) is 5.69 Å². The molecular weight excluding hydrogens is 468 g/mol. The van der Waals surface area contributed by atoms with Crippen molar-refractivity contribution in [2.24, 2.45) is 0 Å². The number of esters is 1. The van der Waals surface area contributed by atoms with Gasteiger partial charge in [0.25, 0.3) is 5.91 Å². The summed E-state index contributed by atoms with van der Waals surface area (Å²) in [7, 11) is 0. The number of aromatic nitrogens is 2. The van der Waals surface area contributed by atoms with Gasteiger partial charge in [0.1, 0.15) is 13.2 Å². The summed E-state index contributed by atoms with van der Waals surface area (Å²) in [4.78, 5) is 38.6. The van der Waals surface area contributed by atoms with Gasteiger partial charge < -0.3 is 15.0 Å². The standard InChI is InChI=1S/C29H26N4O4/c34-26-12-7-17-32(26)24-15-13-22(14-16-24)29(36)30-18-27(35)37-20-23-19-33(25-10-5-2-6-11-25)31-28(23)21-8-3-1-4-9-21/h1-6,8-11,13-16,19H,7,12,17-18,20H2,(H,30,36). The lowest BCUT2D eigenvalue weighted by molar-refractivity contribution is -0.143. The fourth-order valence-corrected chi connectivity index (χ4v) is 4.25. The number of carbonyl (C=O) groups is 3. The maximum atomic E-state index is 12.5. The minimum atomic E-state index is -0.556. The Hall–Kier alpha value is -4.72. The average Bonchev–Trinajstić information content (AvgIpc) is 3.58. The summed E-state index contributed by atoms with van der Waals surface area (Å²) in [6, 6.07) is 26.2. The molecule has 5 rings (SSSR count). The van der Waals surface area contributed by atoms with Gasteiger partial charge in [-0.05, 0) is 42.8 Å². The molecule has 186 valence electrons. The maximum Gasteiger partial charge on any atom is 0.325 e. The number of anilines is 1. The maximum absolute atomic E-state index is 12.5. The number of para-hydroxylation sites is 1. The zero-order valence-corrected chi connectivity index (χ0v) is 20.2. The fraction of sp³-hybridized carbons (Fsp3) is 0.172. The summed E-state index contributed by atoms with van der Waals surface area (Å²) < 4.78 is 7.23. The molecule has 0 saturated carbocycles. The normalized spacial score (nSPS) is 13.0. The number of benzene rings is 3. The van der Waals surface area contributed by atoms with Gasteiger partial charge in [0.15, 0.2) is 0 Å². The van der Waals surface area contributed by atoms with Crippen molar-refractivity contribution in [3.8, 4) is 16.9 Å². The molecule has 4 aromatic rings. The highest BCUT2D eigenvalue weighted by Gasteiger charge is 2.22. The molecular formula is C29H26N4O4. The summed E-state index contributed by atoms with van der Waals surface area (Å²) in [6.07, 6.45) is 3.23. The van der Waals surface area contributed by atoms with E-state index >= 15 is 0 Å². The first kappa shape index (κ1) is 24.0. The molecule has 8 nitrogen and oxygen atoms in total. The molecule has 1 aliphatic rings. The topological polar surface area (TPSA) is 93.5 Å². The molecule has 2 heterocycles. The van der Waals surface area contributed by atoms with E-state index in [0.29, 0.717) is 18.5 Å². The molecule has 8 heteroatoms. The number of hydrogen-bond donors (Lipinski definition) is 1. The van der Waals surface area contributed by atoms with Crippen molar-refractivity contribution in [1.82, 2.24) is 15.1 Å². The van der Waals surface area contributed by atoms with Gasteiger partial charge in [-0.2, -0.15) is 5.10 Å². The van der Waals surface area contributed by atoms with Crippen molar-refractivity contribution >= 4 is 23.5 Å². The molecule has 1 fully saturated rings. The zero-order valence-electron chi connectivity index (χ0n) is 20.2. The minimum absolute atomic E-state index is 0.0182. The number of nitrogens with one attached hydrogen (secondary N) is 1. The zero-order chi connectivity index (χ0) is 25.6. The van der Waals surface area contributed by atoms with Gasteiger partial charge in [-0.3, -0.25) is 14.4 Å². The average molecular weight is 495 g/mol. The van der Waals surface area contributed by atoms with Crippen molar-refractivity contribution in [1.29, 1.82) is 0 Å². The van der Waals surface area contributed by atoms with Crippen LogP contribution in [-0.2, 0) is 20.9 Å². The number of nitrogens with zero attached hydrogens (tertiary/aromatic N) is 3. The lowest BCUT2D eigenvalue weighted by Gasteiger charge is -2.15. The van der Waals surface area contributed by atoms with Crippen LogP contribution in [0, 0.1) is 0 Å². The van der Waals surface area contributed by atoms with Gasteiger partial charge in [-0.1, -0.05) is 48.5 Å². The van der Waals surface area contributed by atoms with Crippen LogP contribution < -0.4 is 10.2 Å². The smallest absolute Gasteiger partial charge is 0.325 e. The van der Waals surface area contributed by atoms with Gasteiger partial charge in [0, 0.05) is 41.5 Å². The van der Waals surface area contributed by atoms with Crippen LogP contribution in [0.2, 0.25) is 0 Å². The van der Waals surface area contributed by atoms with E-state index in [-0.39, 0.29) is 19.1 Å². The van der Waals surface area contributed by atoms with Crippen LogP contribution in [0.25, 0.3) is 16.9 Å². The van der Waals surface area contributed by atoms with Gasteiger partial charge in [-0.25, -0.2) is 4.68 Å². The molecule has 0 aliphatic carbocycles. The lowest BCUT2D eigenvalue weighted by Crippen LogP contribution is -2.30. The van der Waals surface area contributed by atoms with Crippen molar-refractivity contribution in [2.45, 2.75) is 19.4 Å². The quantitative estimate of drug-likeness (QED) is 0.372. The first-order valence-corrected chi connectivity index (χ1v) is 12.1. The molecule has 0 bridgehead atoms. The van der Waals surface area contributed by atoms with Gasteiger partial charge >= 0.3 is 5.97 Å². The highest BCUT2D eigenvalue weighted by Crippen LogP contribution is 2.24. The molecule has 0 radical (unpaired) electrons. The Morgan fingerprint density at radius 1 is 0.892 bits per heavy atom. The van der Waals surface area contributed by atoms with Gasteiger partial charge in [0.2, 0.25) is 5.91 Å². The largest absolute Gasteiger partial charge is 0.459 e. The second-order valence-electron chi connectivity index (χ2n) is 8.69. The third kappa shape index (κ3) is 5.59. The van der Waals surface area contributed by atoms with Crippen molar-refractivity contribution in [2.75, 3.05) is 18.0 Å². The number of amides is 2. The lowest BCUT2D eigenvalue weighted by atomic mass is 10.1. The van der Waals surface area contributed by atoms with Crippen molar-refractivity contribution < 1.29 is 19.1 Å². The number of rotatable bonds is 8. The Labute approximate surface area is 214 Å². The molecule has 3 aromatic carbocycles. The molecule has 1 N–H and O–H groups in total. The Balaban J connectivity index is 1.20. The van der Waals surface area contributed by atoms with Crippen molar-refractivity contribution in [3.05, 3.63) is 102 Å². The highest BCUT2D eigenvalue weighted by molar-refractivity contribution is 5.98. The van der Waals surface area contributed by atoms with Crippen LogP contribution in [0.3, 0.4) is 0 Å². The van der Waals surface area contributed by atoms with Crippen LogP contribution in [0.1, 0.15) is 28.8 Å². The first-order chi connectivity index (χ1) is 18.1. The first-order valence-electron chi connectivity index (χ1n) is 12.1. The van der Waals surface area contributed by atoms with E-state index in [4.69, 9.17) is 9.84 Å². The summed E-state index contributed by atoms with van der Waals surface area (Å²) >= 11 is 0. The van der Waals surface area contributed by atoms with Crippen LogP contribution in [0.15, 0.2) is 91.1 Å². The summed E-state index contributed by atoms with van der Waals surface area (Å²) in [5.41, 5.74) is 4.45. The van der Waals surface area contributed by atoms with Crippen LogP contribution in [0.5, 0.6) is 0 Å². The molecule has 1 aliphatic heterocycles. The van der Waals surface area contributed by atoms with E-state index < -0.39 is 11.9 Å². The summed E-state index contributed by atoms with van der Waals surface area (Å²) in [5, 5.41) is 7.31. The summed E-state index contributed by atoms with van der Waals surface area (Å²) in [6.45, 7) is 0.440. The van der Waals surface area contributed by atoms with E-state index in [1.165, 1.54) is 0 Å². The molecule has 0 unspecified atom stereocenters. The third-order valence-electron chi connectivity index (χ3n) is 6.15. The van der Waals surface area contributed by atoms with E-state index in [2.05, 4.69) is 5.32 Å². The van der Waals surface area contributed by atoms with Gasteiger partial charge in [-0.15, -0.1) is 0 Å². The van der Waals surface area contributed by atoms with Crippen LogP contribution in [-0.4, -0.2) is 40.7 Å². The Morgan fingerprint density at radius 2 is 1.59 bits per heavy atom. The third-order valence-corrected chi connectivity index (χ3v) is 6.15. The van der Waals surface area contributed by atoms with Crippen molar-refractivity contribution in [3.63, 3.8) is 0 Å².